The first-order valence-corrected chi connectivity index (χ1v) is 7.87. The molecule has 2 aliphatic rings. The van der Waals surface area contributed by atoms with Gasteiger partial charge in [0, 0.05) is 18.7 Å². The normalized spacial score (nSPS) is 37.0. The lowest BCUT2D eigenvalue weighted by atomic mass is 9.57. The number of ether oxygens (including phenoxy) is 1. The van der Waals surface area contributed by atoms with Gasteiger partial charge in [-0.15, -0.1) is 0 Å². The van der Waals surface area contributed by atoms with Crippen molar-refractivity contribution in [3.8, 4) is 5.88 Å². The van der Waals surface area contributed by atoms with Crippen LogP contribution in [-0.2, 0) is 0 Å². The Morgan fingerprint density at radius 1 is 1.30 bits per heavy atom. The highest BCUT2D eigenvalue weighted by Gasteiger charge is 2.43. The van der Waals surface area contributed by atoms with Gasteiger partial charge in [-0.1, -0.05) is 38.5 Å². The van der Waals surface area contributed by atoms with Gasteiger partial charge >= 0.3 is 0 Å². The Morgan fingerprint density at radius 2 is 2.15 bits per heavy atom. The Labute approximate surface area is 122 Å². The molecule has 0 radical (unpaired) electrons. The second-order valence-corrected chi connectivity index (χ2v) is 6.80. The van der Waals surface area contributed by atoms with Crippen LogP contribution in [0.25, 0.3) is 0 Å². The second kappa shape index (κ2) is 5.23. The third-order valence-electron chi connectivity index (χ3n) is 5.69. The van der Waals surface area contributed by atoms with Crippen molar-refractivity contribution in [3.63, 3.8) is 0 Å². The molecule has 2 nitrogen and oxygen atoms in total. The quantitative estimate of drug-likeness (QED) is 0.732. The van der Waals surface area contributed by atoms with E-state index in [1.54, 1.807) is 11.8 Å². The van der Waals surface area contributed by atoms with Crippen molar-refractivity contribution in [1.82, 2.24) is 4.98 Å². The molecule has 1 aromatic rings. The second-order valence-electron chi connectivity index (χ2n) is 6.80. The largest absolute Gasteiger partial charge is 0.474 e. The van der Waals surface area contributed by atoms with Gasteiger partial charge in [0.05, 0.1) is 0 Å². The molecule has 1 heterocycles. The maximum absolute atomic E-state index is 6.06. The summed E-state index contributed by atoms with van der Waals surface area (Å²) in [6.45, 7) is 7.27. The SMILES string of the molecule is CC1CC=C2C[C@@H](Oc3ccccn3)CC[C@]2(C)C1C. The summed E-state index contributed by atoms with van der Waals surface area (Å²) in [7, 11) is 0. The summed E-state index contributed by atoms with van der Waals surface area (Å²) in [6, 6.07) is 5.87. The molecule has 1 aromatic heterocycles. The third kappa shape index (κ3) is 2.36. The average Bonchev–Trinajstić information content (AvgIpc) is 2.46. The number of pyridine rings is 1. The van der Waals surface area contributed by atoms with E-state index < -0.39 is 0 Å². The van der Waals surface area contributed by atoms with E-state index >= 15 is 0 Å². The van der Waals surface area contributed by atoms with Crippen molar-refractivity contribution in [3.05, 3.63) is 36.0 Å². The van der Waals surface area contributed by atoms with E-state index in [9.17, 15) is 0 Å². The first-order valence-electron chi connectivity index (χ1n) is 7.87. The number of hydrogen-bond donors (Lipinski definition) is 0. The van der Waals surface area contributed by atoms with Gasteiger partial charge in [0.25, 0.3) is 0 Å². The zero-order valence-electron chi connectivity index (χ0n) is 12.8. The highest BCUT2D eigenvalue weighted by molar-refractivity contribution is 5.23. The van der Waals surface area contributed by atoms with E-state index in [1.807, 2.05) is 18.2 Å². The van der Waals surface area contributed by atoms with Crippen molar-refractivity contribution in [2.24, 2.45) is 17.3 Å². The molecule has 0 spiro atoms. The van der Waals surface area contributed by atoms with Crippen molar-refractivity contribution in [2.45, 2.75) is 52.6 Å². The molecule has 0 bridgehead atoms. The smallest absolute Gasteiger partial charge is 0.213 e. The maximum atomic E-state index is 6.06. The molecule has 0 N–H and O–H groups in total. The van der Waals surface area contributed by atoms with Crippen LogP contribution in [0, 0.1) is 17.3 Å². The van der Waals surface area contributed by atoms with E-state index in [0.717, 1.165) is 30.6 Å². The van der Waals surface area contributed by atoms with Crippen molar-refractivity contribution in [2.75, 3.05) is 0 Å². The fourth-order valence-corrected chi connectivity index (χ4v) is 3.89. The summed E-state index contributed by atoms with van der Waals surface area (Å²) >= 11 is 0. The molecular weight excluding hydrogens is 246 g/mol. The van der Waals surface area contributed by atoms with Crippen LogP contribution >= 0.6 is 0 Å². The molecule has 0 saturated heterocycles. The summed E-state index contributed by atoms with van der Waals surface area (Å²) < 4.78 is 6.06. The molecule has 1 fully saturated rings. The Hall–Kier alpha value is -1.31. The standard InChI is InChI=1S/C18H25NO/c1-13-7-8-15-12-16(9-10-18(15,3)14(13)2)20-17-6-4-5-11-19-17/h4-6,8,11,13-14,16H,7,9-10,12H2,1-3H3/t13?,14?,16-,18+/m0/s1. The van der Waals surface area contributed by atoms with Crippen LogP contribution in [0.15, 0.2) is 36.0 Å². The lowest BCUT2D eigenvalue weighted by Gasteiger charge is -2.48. The van der Waals surface area contributed by atoms with Crippen LogP contribution in [0.5, 0.6) is 5.88 Å². The molecule has 2 heteroatoms. The van der Waals surface area contributed by atoms with E-state index in [0.29, 0.717) is 11.5 Å². The minimum atomic E-state index is 0.296. The van der Waals surface area contributed by atoms with E-state index in [1.165, 1.54) is 12.8 Å². The van der Waals surface area contributed by atoms with Crippen LogP contribution in [0.2, 0.25) is 0 Å². The zero-order valence-corrected chi connectivity index (χ0v) is 12.8. The number of hydrogen-bond acceptors (Lipinski definition) is 2. The van der Waals surface area contributed by atoms with Gasteiger partial charge in [-0.2, -0.15) is 0 Å². The monoisotopic (exact) mass is 271 g/mol. The fourth-order valence-electron chi connectivity index (χ4n) is 3.89. The molecule has 1 saturated carbocycles. The van der Waals surface area contributed by atoms with Crippen molar-refractivity contribution >= 4 is 0 Å². The van der Waals surface area contributed by atoms with Crippen LogP contribution < -0.4 is 4.74 Å². The number of aromatic nitrogens is 1. The molecular formula is C18H25NO. The Kier molecular flexibility index (Phi) is 3.57. The van der Waals surface area contributed by atoms with Crippen LogP contribution in [0.1, 0.15) is 46.5 Å². The first kappa shape index (κ1) is 13.7. The summed E-state index contributed by atoms with van der Waals surface area (Å²) in [6.07, 6.45) is 9.25. The van der Waals surface area contributed by atoms with Gasteiger partial charge in [-0.05, 0) is 42.6 Å². The number of rotatable bonds is 2. The Bertz CT molecular complexity index is 495. The third-order valence-corrected chi connectivity index (χ3v) is 5.69. The van der Waals surface area contributed by atoms with Crippen molar-refractivity contribution < 1.29 is 4.74 Å². The van der Waals surface area contributed by atoms with Gasteiger partial charge in [0.1, 0.15) is 6.10 Å². The topological polar surface area (TPSA) is 22.1 Å². The molecule has 2 unspecified atom stereocenters. The molecule has 2 aliphatic carbocycles. The predicted molar refractivity (Wildman–Crippen MR) is 81.6 cm³/mol. The number of fused-ring (bicyclic) bond motifs is 1. The number of nitrogens with zero attached hydrogens (tertiary/aromatic N) is 1. The van der Waals surface area contributed by atoms with E-state index in [4.69, 9.17) is 4.74 Å². The molecule has 4 atom stereocenters. The van der Waals surface area contributed by atoms with Crippen LogP contribution in [0.3, 0.4) is 0 Å². The van der Waals surface area contributed by atoms with Crippen LogP contribution in [0.4, 0.5) is 0 Å². The minimum absolute atomic E-state index is 0.296. The van der Waals surface area contributed by atoms with Crippen LogP contribution in [-0.4, -0.2) is 11.1 Å². The highest BCUT2D eigenvalue weighted by atomic mass is 16.5. The van der Waals surface area contributed by atoms with E-state index in [2.05, 4.69) is 31.8 Å². The maximum Gasteiger partial charge on any atom is 0.213 e. The van der Waals surface area contributed by atoms with Crippen molar-refractivity contribution in [1.29, 1.82) is 0 Å². The van der Waals surface area contributed by atoms with Gasteiger partial charge in [0.2, 0.25) is 5.88 Å². The van der Waals surface area contributed by atoms with Gasteiger partial charge < -0.3 is 4.74 Å². The average molecular weight is 271 g/mol. The highest BCUT2D eigenvalue weighted by Crippen LogP contribution is 2.52. The van der Waals surface area contributed by atoms with Gasteiger partial charge in [0.15, 0.2) is 0 Å². The summed E-state index contributed by atoms with van der Waals surface area (Å²) in [5.74, 6) is 2.34. The molecule has 20 heavy (non-hydrogen) atoms. The predicted octanol–water partition coefficient (Wildman–Crippen LogP) is 4.62. The van der Waals surface area contributed by atoms with Gasteiger partial charge in [-0.25, -0.2) is 4.98 Å². The Morgan fingerprint density at radius 3 is 2.90 bits per heavy atom. The first-order chi connectivity index (χ1) is 9.59. The molecule has 0 aromatic carbocycles. The van der Waals surface area contributed by atoms with E-state index in [-0.39, 0.29) is 0 Å². The molecule has 0 amide bonds. The zero-order chi connectivity index (χ0) is 14.2. The molecule has 3 rings (SSSR count). The Balaban J connectivity index is 1.73. The lowest BCUT2D eigenvalue weighted by molar-refractivity contribution is 0.0729. The summed E-state index contributed by atoms with van der Waals surface area (Å²) in [5, 5.41) is 0. The molecule has 0 aliphatic heterocycles. The van der Waals surface area contributed by atoms with Gasteiger partial charge in [-0.3, -0.25) is 0 Å². The lowest BCUT2D eigenvalue weighted by Crippen LogP contribution is -2.41. The molecule has 108 valence electrons. The summed E-state index contributed by atoms with van der Waals surface area (Å²) in [4.78, 5) is 4.28. The summed E-state index contributed by atoms with van der Waals surface area (Å²) in [5.41, 5.74) is 2.01. The minimum Gasteiger partial charge on any atom is -0.474 e. The fraction of sp³-hybridized carbons (Fsp3) is 0.611. The number of allylic oxidation sites excluding steroid dienone is 1.